The van der Waals surface area contributed by atoms with Gasteiger partial charge in [-0.3, -0.25) is 0 Å². The molecule has 0 amide bonds. The monoisotopic (exact) mass is 344 g/mol. The van der Waals surface area contributed by atoms with Crippen LogP contribution in [0.1, 0.15) is 86.8 Å². The minimum absolute atomic E-state index is 0.279. The molecule has 0 radical (unpaired) electrons. The number of aryl methyl sites for hydroxylation is 2. The Labute approximate surface area is 159 Å². The molecule has 0 aromatic heterocycles. The van der Waals surface area contributed by atoms with Gasteiger partial charge in [0, 0.05) is 0 Å². The first-order chi connectivity index (χ1) is 12.3. The van der Waals surface area contributed by atoms with Gasteiger partial charge in [0.2, 0.25) is 0 Å². The van der Waals surface area contributed by atoms with Crippen LogP contribution in [-0.4, -0.2) is 0 Å². The molecule has 0 aliphatic heterocycles. The van der Waals surface area contributed by atoms with Gasteiger partial charge in [-0.15, -0.1) is 0 Å². The van der Waals surface area contributed by atoms with Gasteiger partial charge in [0.1, 0.15) is 0 Å². The highest BCUT2D eigenvalue weighted by atomic mass is 14.4. The molecule has 2 aliphatic carbocycles. The van der Waals surface area contributed by atoms with Crippen molar-refractivity contribution in [2.45, 2.75) is 77.6 Å². The second-order valence-electron chi connectivity index (χ2n) is 9.76. The maximum Gasteiger partial charge on any atom is -0.0100 e. The zero-order valence-corrected chi connectivity index (χ0v) is 17.1. The predicted molar refractivity (Wildman–Crippen MR) is 114 cm³/mol. The average molecular weight is 345 g/mol. The van der Waals surface area contributed by atoms with Crippen LogP contribution >= 0.6 is 0 Å². The fourth-order valence-electron chi connectivity index (χ4n) is 4.89. The summed E-state index contributed by atoms with van der Waals surface area (Å²) in [4.78, 5) is 0. The topological polar surface area (TPSA) is 0 Å². The van der Waals surface area contributed by atoms with Crippen LogP contribution in [0, 0.1) is 6.92 Å². The minimum atomic E-state index is 0.279. The van der Waals surface area contributed by atoms with Crippen LogP contribution in [0.5, 0.6) is 0 Å². The van der Waals surface area contributed by atoms with Gasteiger partial charge in [0.15, 0.2) is 0 Å². The van der Waals surface area contributed by atoms with Crippen molar-refractivity contribution >= 4 is 11.6 Å². The molecule has 2 aromatic rings. The van der Waals surface area contributed by atoms with E-state index in [1.807, 2.05) is 0 Å². The third kappa shape index (κ3) is 3.04. The lowest BCUT2D eigenvalue weighted by Crippen LogP contribution is -2.33. The van der Waals surface area contributed by atoms with Crippen molar-refractivity contribution in [1.29, 1.82) is 0 Å². The van der Waals surface area contributed by atoms with Gasteiger partial charge in [-0.05, 0) is 83.2 Å². The maximum absolute atomic E-state index is 2.48. The Hall–Kier alpha value is -1.82. The maximum atomic E-state index is 2.48. The molecule has 0 heterocycles. The quantitative estimate of drug-likeness (QED) is 0.512. The summed E-state index contributed by atoms with van der Waals surface area (Å²) >= 11 is 0. The summed E-state index contributed by atoms with van der Waals surface area (Å²) in [6.45, 7) is 11.8. The molecule has 2 aromatic carbocycles. The number of hydrogen-bond donors (Lipinski definition) is 0. The van der Waals surface area contributed by atoms with Crippen LogP contribution in [0.3, 0.4) is 0 Å². The summed E-state index contributed by atoms with van der Waals surface area (Å²) in [5.41, 5.74) is 11.0. The summed E-state index contributed by atoms with van der Waals surface area (Å²) in [6, 6.07) is 14.2. The minimum Gasteiger partial charge on any atom is -0.0587 e. The first-order valence-electron chi connectivity index (χ1n) is 10.2. The largest absolute Gasteiger partial charge is 0.0587 e. The molecule has 0 saturated carbocycles. The van der Waals surface area contributed by atoms with Crippen molar-refractivity contribution < 1.29 is 0 Å². The number of fused-ring (bicyclic) bond motifs is 2. The van der Waals surface area contributed by atoms with Crippen molar-refractivity contribution in [3.63, 3.8) is 0 Å². The molecule has 0 unspecified atom stereocenters. The lowest BCUT2D eigenvalue weighted by Gasteiger charge is -2.42. The summed E-state index contributed by atoms with van der Waals surface area (Å²) < 4.78 is 0. The zero-order valence-electron chi connectivity index (χ0n) is 17.1. The molecular formula is C26H32. The van der Waals surface area contributed by atoms with E-state index in [0.29, 0.717) is 5.41 Å². The molecule has 0 N–H and O–H groups in total. The van der Waals surface area contributed by atoms with Gasteiger partial charge in [0.25, 0.3) is 0 Å². The Balaban J connectivity index is 1.79. The van der Waals surface area contributed by atoms with Crippen LogP contribution < -0.4 is 0 Å². The molecule has 136 valence electrons. The van der Waals surface area contributed by atoms with Gasteiger partial charge < -0.3 is 0 Å². The van der Waals surface area contributed by atoms with E-state index in [4.69, 9.17) is 0 Å². The highest BCUT2D eigenvalue weighted by Crippen LogP contribution is 2.46. The smallest absolute Gasteiger partial charge is 0.0100 e. The number of hydrogen-bond acceptors (Lipinski definition) is 0. The van der Waals surface area contributed by atoms with Crippen LogP contribution in [0.4, 0.5) is 0 Å². The van der Waals surface area contributed by atoms with E-state index in [2.05, 4.69) is 77.1 Å². The van der Waals surface area contributed by atoms with Gasteiger partial charge in [-0.1, -0.05) is 75.7 Å². The molecule has 2 aliphatic rings. The van der Waals surface area contributed by atoms with Gasteiger partial charge >= 0.3 is 0 Å². The van der Waals surface area contributed by atoms with Crippen LogP contribution in [0.2, 0.25) is 0 Å². The lowest BCUT2D eigenvalue weighted by molar-refractivity contribution is 0.332. The van der Waals surface area contributed by atoms with Gasteiger partial charge in [-0.25, -0.2) is 0 Å². The molecule has 0 atom stereocenters. The molecular weight excluding hydrogens is 312 g/mol. The standard InChI is InChI=1S/C26H32/c1-18-9-11-22-20(15-18)7-6-8-21(22)16-19-10-12-23-24(17-19)26(4,5)14-13-25(23,2)3/h9-12,15-17H,6-8,13-14H2,1-5H3/b21-16+. The number of rotatable bonds is 1. The van der Waals surface area contributed by atoms with Crippen molar-refractivity contribution in [3.05, 3.63) is 69.8 Å². The van der Waals surface area contributed by atoms with Crippen molar-refractivity contribution in [3.8, 4) is 0 Å². The van der Waals surface area contributed by atoms with Crippen molar-refractivity contribution in [2.75, 3.05) is 0 Å². The number of benzene rings is 2. The van der Waals surface area contributed by atoms with Crippen LogP contribution in [0.25, 0.3) is 11.6 Å². The van der Waals surface area contributed by atoms with E-state index < -0.39 is 0 Å². The Morgan fingerprint density at radius 3 is 2.31 bits per heavy atom. The second kappa shape index (κ2) is 6.12. The highest BCUT2D eigenvalue weighted by Gasteiger charge is 2.36. The summed E-state index contributed by atoms with van der Waals surface area (Å²) in [7, 11) is 0. The Bertz CT molecular complexity index is 877. The lowest BCUT2D eigenvalue weighted by atomic mass is 9.63. The number of allylic oxidation sites excluding steroid dienone is 1. The molecule has 0 bridgehead atoms. The van der Waals surface area contributed by atoms with E-state index in [9.17, 15) is 0 Å². The molecule has 0 spiro atoms. The van der Waals surface area contributed by atoms with E-state index >= 15 is 0 Å². The fourth-order valence-corrected chi connectivity index (χ4v) is 4.89. The molecule has 0 nitrogen and oxygen atoms in total. The van der Waals surface area contributed by atoms with Crippen LogP contribution in [-0.2, 0) is 17.3 Å². The van der Waals surface area contributed by atoms with Crippen LogP contribution in [0.15, 0.2) is 36.4 Å². The Morgan fingerprint density at radius 2 is 1.54 bits per heavy atom. The van der Waals surface area contributed by atoms with E-state index in [1.165, 1.54) is 59.9 Å². The Morgan fingerprint density at radius 1 is 0.808 bits per heavy atom. The summed E-state index contributed by atoms with van der Waals surface area (Å²) in [5, 5.41) is 0. The zero-order chi connectivity index (χ0) is 18.5. The average Bonchev–Trinajstić information content (AvgIpc) is 2.59. The SMILES string of the molecule is Cc1ccc2c(c1)CCC/C2=C\c1ccc2c(c1)C(C)(C)CCC2(C)C. The summed E-state index contributed by atoms with van der Waals surface area (Å²) in [5.74, 6) is 0. The second-order valence-corrected chi connectivity index (χ2v) is 9.76. The van der Waals surface area contributed by atoms with Gasteiger partial charge in [-0.2, -0.15) is 0 Å². The predicted octanol–water partition coefficient (Wildman–Crippen LogP) is 7.22. The first kappa shape index (κ1) is 17.6. The molecule has 0 heteroatoms. The third-order valence-corrected chi connectivity index (χ3v) is 6.72. The van der Waals surface area contributed by atoms with Crippen molar-refractivity contribution in [2.24, 2.45) is 0 Å². The molecule has 4 rings (SSSR count). The molecule has 26 heavy (non-hydrogen) atoms. The summed E-state index contributed by atoms with van der Waals surface area (Å²) in [6.07, 6.45) is 8.69. The fraction of sp³-hybridized carbons (Fsp3) is 0.462. The van der Waals surface area contributed by atoms with Gasteiger partial charge in [0.05, 0.1) is 0 Å². The third-order valence-electron chi connectivity index (χ3n) is 6.72. The first-order valence-corrected chi connectivity index (χ1v) is 10.2. The normalized spacial score (nSPS) is 22.0. The Kier molecular flexibility index (Phi) is 4.14. The molecule has 0 fully saturated rings. The van der Waals surface area contributed by atoms with E-state index in [-0.39, 0.29) is 5.41 Å². The van der Waals surface area contributed by atoms with E-state index in [0.717, 1.165) is 0 Å². The highest BCUT2D eigenvalue weighted by molar-refractivity contribution is 5.84. The van der Waals surface area contributed by atoms with E-state index in [1.54, 1.807) is 11.1 Å². The molecule has 0 saturated heterocycles. The van der Waals surface area contributed by atoms with Crippen molar-refractivity contribution in [1.82, 2.24) is 0 Å².